The van der Waals surface area contributed by atoms with Crippen molar-refractivity contribution in [1.29, 1.82) is 0 Å². The third-order valence-corrected chi connectivity index (χ3v) is 3.53. The van der Waals surface area contributed by atoms with Crippen LogP contribution >= 0.6 is 45.2 Å². The highest BCUT2D eigenvalue weighted by atomic mass is 127. The van der Waals surface area contributed by atoms with E-state index in [1.165, 1.54) is 21.1 Å². The second-order valence-corrected chi connectivity index (χ2v) is 5.77. The van der Waals surface area contributed by atoms with Gasteiger partial charge in [0.25, 0.3) is 0 Å². The molecule has 1 aromatic carbocycles. The summed E-state index contributed by atoms with van der Waals surface area (Å²) in [6.07, 6.45) is 5.69. The van der Waals surface area contributed by atoms with E-state index in [0.717, 1.165) is 0 Å². The fourth-order valence-corrected chi connectivity index (χ4v) is 2.59. The molecule has 0 radical (unpaired) electrons. The molecule has 0 spiro atoms. The van der Waals surface area contributed by atoms with E-state index in [1.54, 1.807) is 0 Å². The lowest BCUT2D eigenvalue weighted by Gasteiger charge is -2.14. The normalized spacial score (nSPS) is 20.7. The molecule has 1 atom stereocenters. The van der Waals surface area contributed by atoms with Crippen molar-refractivity contribution in [1.82, 2.24) is 0 Å². The molecule has 2 heteroatoms. The van der Waals surface area contributed by atoms with E-state index in [1.807, 2.05) is 0 Å². The van der Waals surface area contributed by atoms with Crippen LogP contribution < -0.4 is 0 Å². The Bertz CT molecular complexity index is 329. The highest BCUT2D eigenvalue weighted by molar-refractivity contribution is 14.1. The van der Waals surface area contributed by atoms with Gasteiger partial charge in [-0.05, 0) is 52.3 Å². The second kappa shape index (κ2) is 3.65. The Morgan fingerprint density at radius 2 is 2.17 bits per heavy atom. The average molecular weight is 382 g/mol. The van der Waals surface area contributed by atoms with Gasteiger partial charge in [0.15, 0.2) is 0 Å². The smallest absolute Gasteiger partial charge is 0.0333 e. The van der Waals surface area contributed by atoms with Crippen LogP contribution in [-0.2, 0) is 6.42 Å². The highest BCUT2D eigenvalue weighted by Gasteiger charge is 2.10. The molecule has 1 aliphatic rings. The van der Waals surface area contributed by atoms with Crippen LogP contribution in [-0.4, -0.2) is 3.92 Å². The van der Waals surface area contributed by atoms with Crippen molar-refractivity contribution < 1.29 is 0 Å². The van der Waals surface area contributed by atoms with Crippen LogP contribution in [0.5, 0.6) is 0 Å². The van der Waals surface area contributed by atoms with Crippen LogP contribution in [0.2, 0.25) is 0 Å². The second-order valence-electron chi connectivity index (χ2n) is 2.92. The largest absolute Gasteiger partial charge is 0.0777 e. The van der Waals surface area contributed by atoms with E-state index < -0.39 is 0 Å². The summed E-state index contributed by atoms with van der Waals surface area (Å²) in [5.41, 5.74) is 2.88. The maximum atomic E-state index is 2.47. The first-order valence-corrected chi connectivity index (χ1v) is 6.19. The van der Waals surface area contributed by atoms with Gasteiger partial charge in [0.05, 0.1) is 0 Å². The third-order valence-electron chi connectivity index (χ3n) is 2.01. The summed E-state index contributed by atoms with van der Waals surface area (Å²) in [6.45, 7) is 0. The number of rotatable bonds is 0. The topological polar surface area (TPSA) is 0 Å². The zero-order valence-electron chi connectivity index (χ0n) is 6.43. The van der Waals surface area contributed by atoms with Gasteiger partial charge in [-0.3, -0.25) is 0 Å². The maximum Gasteiger partial charge on any atom is 0.0333 e. The first kappa shape index (κ1) is 8.99. The molecule has 0 amide bonds. The van der Waals surface area contributed by atoms with Crippen molar-refractivity contribution in [3.05, 3.63) is 39.0 Å². The van der Waals surface area contributed by atoms with Gasteiger partial charge in [-0.2, -0.15) is 0 Å². The van der Waals surface area contributed by atoms with Crippen LogP contribution in [0, 0.1) is 3.57 Å². The Kier molecular flexibility index (Phi) is 2.74. The van der Waals surface area contributed by atoms with Gasteiger partial charge >= 0.3 is 0 Å². The number of fused-ring (bicyclic) bond motifs is 1. The summed E-state index contributed by atoms with van der Waals surface area (Å²) in [5.74, 6) is 0. The van der Waals surface area contributed by atoms with Gasteiger partial charge in [-0.1, -0.05) is 40.8 Å². The van der Waals surface area contributed by atoms with E-state index in [9.17, 15) is 0 Å². The third kappa shape index (κ3) is 1.84. The van der Waals surface area contributed by atoms with Crippen LogP contribution in [0.25, 0.3) is 6.08 Å². The van der Waals surface area contributed by atoms with Gasteiger partial charge in [0, 0.05) is 7.49 Å². The molecule has 62 valence electrons. The first-order valence-electron chi connectivity index (χ1n) is 3.86. The Hall–Kier alpha value is 0.420. The summed E-state index contributed by atoms with van der Waals surface area (Å²) in [6, 6.07) is 6.67. The lowest BCUT2D eigenvalue weighted by molar-refractivity contribution is 1.03. The molecule has 0 aliphatic heterocycles. The Balaban J connectivity index is 2.47. The summed E-state index contributed by atoms with van der Waals surface area (Å²) in [5, 5.41) is 0. The molecular formula is C10H8I2. The highest BCUT2D eigenvalue weighted by Crippen LogP contribution is 2.24. The summed E-state index contributed by atoms with van der Waals surface area (Å²) < 4.78 is 2.00. The minimum atomic E-state index is 0.676. The van der Waals surface area contributed by atoms with Crippen molar-refractivity contribution in [2.75, 3.05) is 0 Å². The van der Waals surface area contributed by atoms with Gasteiger partial charge < -0.3 is 0 Å². The molecule has 2 rings (SSSR count). The lowest BCUT2D eigenvalue weighted by atomic mass is 9.98. The molecule has 0 fully saturated rings. The van der Waals surface area contributed by atoms with Gasteiger partial charge in [-0.15, -0.1) is 0 Å². The zero-order chi connectivity index (χ0) is 8.55. The minimum Gasteiger partial charge on any atom is -0.0777 e. The zero-order valence-corrected chi connectivity index (χ0v) is 10.7. The molecule has 0 N–H and O–H groups in total. The molecule has 0 saturated carbocycles. The molecule has 0 aromatic heterocycles. The molecule has 0 unspecified atom stereocenters. The summed E-state index contributed by atoms with van der Waals surface area (Å²) >= 11 is 4.83. The number of hydrogen-bond acceptors (Lipinski definition) is 0. The van der Waals surface area contributed by atoms with E-state index in [0.29, 0.717) is 3.92 Å². The van der Waals surface area contributed by atoms with E-state index in [-0.39, 0.29) is 0 Å². The van der Waals surface area contributed by atoms with Crippen molar-refractivity contribution in [2.45, 2.75) is 10.3 Å². The number of allylic oxidation sites excluding steroid dienone is 1. The maximum absolute atomic E-state index is 2.47. The van der Waals surface area contributed by atoms with Crippen LogP contribution in [0.3, 0.4) is 0 Å². The van der Waals surface area contributed by atoms with Gasteiger partial charge in [0.2, 0.25) is 0 Å². The van der Waals surface area contributed by atoms with Crippen molar-refractivity contribution >= 4 is 51.3 Å². The number of halogens is 2. The molecule has 0 heterocycles. The van der Waals surface area contributed by atoms with Crippen LogP contribution in [0.4, 0.5) is 0 Å². The molecule has 1 aromatic rings. The van der Waals surface area contributed by atoms with Crippen molar-refractivity contribution in [3.8, 4) is 0 Å². The standard InChI is InChI=1S/C10H8I2/c11-9-3-1-7-5-10(12)4-2-8(7)6-9/h1-5,9H,6H2/t9-/m0/s1. The van der Waals surface area contributed by atoms with Gasteiger partial charge in [0.1, 0.15) is 0 Å². The van der Waals surface area contributed by atoms with Crippen molar-refractivity contribution in [2.24, 2.45) is 0 Å². The predicted octanol–water partition coefficient (Wildman–Crippen LogP) is 3.66. The van der Waals surface area contributed by atoms with E-state index in [4.69, 9.17) is 0 Å². The first-order chi connectivity index (χ1) is 5.75. The average Bonchev–Trinajstić information content (AvgIpc) is 2.05. The molecule has 0 saturated heterocycles. The van der Waals surface area contributed by atoms with E-state index >= 15 is 0 Å². The summed E-state index contributed by atoms with van der Waals surface area (Å²) in [7, 11) is 0. The number of hydrogen-bond donors (Lipinski definition) is 0. The monoisotopic (exact) mass is 382 g/mol. The SMILES string of the molecule is Ic1ccc2c(c1)C=C[C@H](I)C2. The fourth-order valence-electron chi connectivity index (χ4n) is 1.39. The van der Waals surface area contributed by atoms with Gasteiger partial charge in [-0.25, -0.2) is 0 Å². The minimum absolute atomic E-state index is 0.676. The summed E-state index contributed by atoms with van der Waals surface area (Å²) in [4.78, 5) is 0. The fraction of sp³-hybridized carbons (Fsp3) is 0.200. The number of alkyl halides is 1. The van der Waals surface area contributed by atoms with Crippen molar-refractivity contribution in [3.63, 3.8) is 0 Å². The molecule has 12 heavy (non-hydrogen) atoms. The molecular weight excluding hydrogens is 374 g/mol. The molecule has 1 aliphatic carbocycles. The Labute approximate surface area is 99.7 Å². The molecule has 0 bridgehead atoms. The Morgan fingerprint density at radius 1 is 1.33 bits per heavy atom. The predicted molar refractivity (Wildman–Crippen MR) is 69.7 cm³/mol. The van der Waals surface area contributed by atoms with Crippen LogP contribution in [0.1, 0.15) is 11.1 Å². The lowest BCUT2D eigenvalue weighted by Crippen LogP contribution is -2.04. The van der Waals surface area contributed by atoms with E-state index in [2.05, 4.69) is 75.5 Å². The quantitative estimate of drug-likeness (QED) is 0.475. The van der Waals surface area contributed by atoms with Crippen LogP contribution in [0.15, 0.2) is 24.3 Å². The number of benzene rings is 1. The molecule has 0 nitrogen and oxygen atoms in total. The Morgan fingerprint density at radius 3 is 3.00 bits per heavy atom.